The largest absolute Gasteiger partial charge is 0.463 e. The predicted molar refractivity (Wildman–Crippen MR) is 47.2 cm³/mol. The van der Waals surface area contributed by atoms with Crippen LogP contribution in [0.4, 0.5) is 5.82 Å². The molecular formula is C7H5ClN2O4. The fourth-order valence-electron chi connectivity index (χ4n) is 0.773. The molecule has 6 nitrogen and oxygen atoms in total. The van der Waals surface area contributed by atoms with Gasteiger partial charge in [-0.3, -0.25) is 0 Å². The molecule has 0 saturated heterocycles. The Bertz CT molecular complexity index is 393. The third-order valence-electron chi connectivity index (χ3n) is 1.40. The van der Waals surface area contributed by atoms with E-state index < -0.39 is 16.7 Å². The summed E-state index contributed by atoms with van der Waals surface area (Å²) in [6.45, 7) is 0. The van der Waals surface area contributed by atoms with Crippen molar-refractivity contribution in [1.29, 1.82) is 0 Å². The van der Waals surface area contributed by atoms with Crippen molar-refractivity contribution in [1.82, 2.24) is 4.98 Å². The van der Waals surface area contributed by atoms with E-state index in [9.17, 15) is 14.9 Å². The summed E-state index contributed by atoms with van der Waals surface area (Å²) < 4.78 is 4.34. The Morgan fingerprint density at radius 3 is 2.79 bits per heavy atom. The Morgan fingerprint density at radius 1 is 1.64 bits per heavy atom. The molecule has 1 heterocycles. The van der Waals surface area contributed by atoms with Gasteiger partial charge in [-0.15, -0.1) is 0 Å². The number of carbonyl (C=O) groups excluding carboxylic acids is 1. The summed E-state index contributed by atoms with van der Waals surface area (Å²) in [6, 6.07) is 2.33. The Labute approximate surface area is 83.6 Å². The molecule has 0 aromatic carbocycles. The van der Waals surface area contributed by atoms with Gasteiger partial charge >= 0.3 is 11.8 Å². The van der Waals surface area contributed by atoms with Crippen molar-refractivity contribution in [2.24, 2.45) is 0 Å². The van der Waals surface area contributed by atoms with Gasteiger partial charge in [0.1, 0.15) is 0 Å². The highest BCUT2D eigenvalue weighted by Gasteiger charge is 2.21. The summed E-state index contributed by atoms with van der Waals surface area (Å²) in [5.74, 6) is -1.26. The van der Waals surface area contributed by atoms with Crippen LogP contribution in [0.25, 0.3) is 0 Å². The molecule has 1 aromatic rings. The SMILES string of the molecule is COC(=O)c1nc([N+](=O)[O-])ccc1Cl. The van der Waals surface area contributed by atoms with Gasteiger partial charge in [0.05, 0.1) is 12.1 Å². The first kappa shape index (κ1) is 10.4. The van der Waals surface area contributed by atoms with Gasteiger partial charge in [-0.25, -0.2) is 4.79 Å². The van der Waals surface area contributed by atoms with Crippen molar-refractivity contribution >= 4 is 23.4 Å². The fourth-order valence-corrected chi connectivity index (χ4v) is 0.956. The van der Waals surface area contributed by atoms with Crippen LogP contribution in [0, 0.1) is 10.1 Å². The number of halogens is 1. The van der Waals surface area contributed by atoms with Crippen LogP contribution in [0.1, 0.15) is 10.5 Å². The average molecular weight is 217 g/mol. The zero-order valence-electron chi connectivity index (χ0n) is 7.06. The lowest BCUT2D eigenvalue weighted by Crippen LogP contribution is -2.06. The normalized spacial score (nSPS) is 9.57. The molecule has 1 aromatic heterocycles. The molecule has 0 N–H and O–H groups in total. The summed E-state index contributed by atoms with van der Waals surface area (Å²) >= 11 is 5.59. The molecule has 0 unspecified atom stereocenters. The Kier molecular flexibility index (Phi) is 2.98. The van der Waals surface area contributed by atoms with E-state index in [2.05, 4.69) is 9.72 Å². The first-order valence-electron chi connectivity index (χ1n) is 3.45. The zero-order valence-corrected chi connectivity index (χ0v) is 7.82. The molecule has 0 spiro atoms. The maximum Gasteiger partial charge on any atom is 0.384 e. The van der Waals surface area contributed by atoms with Gasteiger partial charge in [-0.2, -0.15) is 0 Å². The Hall–Kier alpha value is -1.69. The summed E-state index contributed by atoms with van der Waals surface area (Å²) in [4.78, 5) is 24.1. The number of methoxy groups -OCH3 is 1. The molecule has 0 aliphatic heterocycles. The van der Waals surface area contributed by atoms with Gasteiger partial charge < -0.3 is 14.9 Å². The quantitative estimate of drug-likeness (QED) is 0.424. The van der Waals surface area contributed by atoms with Crippen LogP contribution in [-0.4, -0.2) is 23.0 Å². The summed E-state index contributed by atoms with van der Waals surface area (Å²) in [5, 5.41) is 10.3. The van der Waals surface area contributed by atoms with E-state index >= 15 is 0 Å². The van der Waals surface area contributed by atoms with Crippen LogP contribution in [0.2, 0.25) is 5.02 Å². The standard InChI is InChI=1S/C7H5ClN2O4/c1-14-7(11)6-4(8)2-3-5(9-6)10(12)13/h2-3H,1H3. The monoisotopic (exact) mass is 216 g/mol. The first-order valence-corrected chi connectivity index (χ1v) is 3.83. The lowest BCUT2D eigenvalue weighted by Gasteiger charge is -1.97. The van der Waals surface area contributed by atoms with Crippen molar-refractivity contribution in [2.45, 2.75) is 0 Å². The molecule has 0 saturated carbocycles. The molecule has 0 atom stereocenters. The minimum absolute atomic E-state index is 0.0162. The summed E-state index contributed by atoms with van der Waals surface area (Å²) in [7, 11) is 1.14. The molecule has 0 bridgehead atoms. The van der Waals surface area contributed by atoms with Crippen LogP contribution >= 0.6 is 11.6 Å². The highest BCUT2D eigenvalue weighted by Crippen LogP contribution is 2.18. The lowest BCUT2D eigenvalue weighted by molar-refractivity contribution is -0.389. The summed E-state index contributed by atoms with van der Waals surface area (Å²) in [6.07, 6.45) is 0. The van der Waals surface area contributed by atoms with Crippen LogP contribution in [0.3, 0.4) is 0 Å². The molecule has 0 aliphatic rings. The lowest BCUT2D eigenvalue weighted by atomic mass is 10.3. The molecule has 0 amide bonds. The second-order valence-corrected chi connectivity index (χ2v) is 2.66. The summed E-state index contributed by atoms with van der Waals surface area (Å²) in [5.41, 5.74) is -0.261. The second kappa shape index (κ2) is 4.01. The van der Waals surface area contributed by atoms with E-state index in [1.54, 1.807) is 0 Å². The minimum Gasteiger partial charge on any atom is -0.463 e. The number of nitrogens with zero attached hydrogens (tertiary/aromatic N) is 2. The number of ether oxygens (including phenoxy) is 1. The predicted octanol–water partition coefficient (Wildman–Crippen LogP) is 1.43. The average Bonchev–Trinajstić information content (AvgIpc) is 2.17. The van der Waals surface area contributed by atoms with Crippen molar-refractivity contribution in [3.8, 4) is 0 Å². The van der Waals surface area contributed by atoms with E-state index in [1.165, 1.54) is 6.07 Å². The number of esters is 1. The van der Waals surface area contributed by atoms with Gasteiger partial charge in [-0.05, 0) is 16.0 Å². The van der Waals surface area contributed by atoms with Crippen molar-refractivity contribution in [2.75, 3.05) is 7.11 Å². The van der Waals surface area contributed by atoms with E-state index in [0.717, 1.165) is 13.2 Å². The topological polar surface area (TPSA) is 82.3 Å². The number of hydrogen-bond acceptors (Lipinski definition) is 5. The highest BCUT2D eigenvalue weighted by atomic mass is 35.5. The van der Waals surface area contributed by atoms with Gasteiger partial charge in [0.2, 0.25) is 0 Å². The van der Waals surface area contributed by atoms with Crippen LogP contribution < -0.4 is 0 Å². The number of rotatable bonds is 2. The van der Waals surface area contributed by atoms with Crippen LogP contribution in [-0.2, 0) is 4.74 Å². The van der Waals surface area contributed by atoms with Crippen LogP contribution in [0.15, 0.2) is 12.1 Å². The second-order valence-electron chi connectivity index (χ2n) is 2.25. The molecule has 0 fully saturated rings. The molecule has 1 rings (SSSR count). The number of aromatic nitrogens is 1. The number of pyridine rings is 1. The van der Waals surface area contributed by atoms with Gasteiger partial charge in [0, 0.05) is 6.07 Å². The number of hydrogen-bond donors (Lipinski definition) is 0. The number of nitro groups is 1. The Balaban J connectivity index is 3.21. The molecular weight excluding hydrogens is 212 g/mol. The van der Waals surface area contributed by atoms with Gasteiger partial charge in [0.25, 0.3) is 5.69 Å². The van der Waals surface area contributed by atoms with E-state index in [4.69, 9.17) is 11.6 Å². The highest BCUT2D eigenvalue weighted by molar-refractivity contribution is 6.33. The van der Waals surface area contributed by atoms with Crippen molar-refractivity contribution in [3.05, 3.63) is 33.0 Å². The fraction of sp³-hybridized carbons (Fsp3) is 0.143. The zero-order chi connectivity index (χ0) is 10.7. The van der Waals surface area contributed by atoms with E-state index in [1.807, 2.05) is 0 Å². The molecule has 0 radical (unpaired) electrons. The number of carbonyl (C=O) groups is 1. The third-order valence-corrected chi connectivity index (χ3v) is 1.70. The van der Waals surface area contributed by atoms with Crippen molar-refractivity contribution < 1.29 is 14.5 Å². The van der Waals surface area contributed by atoms with E-state index in [-0.39, 0.29) is 10.7 Å². The van der Waals surface area contributed by atoms with Crippen molar-refractivity contribution in [3.63, 3.8) is 0 Å². The van der Waals surface area contributed by atoms with Gasteiger partial charge in [0.15, 0.2) is 0 Å². The third kappa shape index (κ3) is 1.97. The maximum absolute atomic E-state index is 11.0. The Morgan fingerprint density at radius 2 is 2.29 bits per heavy atom. The van der Waals surface area contributed by atoms with E-state index in [0.29, 0.717) is 0 Å². The molecule has 0 aliphatic carbocycles. The maximum atomic E-state index is 11.0. The van der Waals surface area contributed by atoms with Crippen LogP contribution in [0.5, 0.6) is 0 Å². The molecule has 14 heavy (non-hydrogen) atoms. The van der Waals surface area contributed by atoms with Gasteiger partial charge in [-0.1, -0.05) is 11.6 Å². The first-order chi connectivity index (χ1) is 6.56. The molecule has 7 heteroatoms. The smallest absolute Gasteiger partial charge is 0.384 e. The minimum atomic E-state index is -0.807. The molecule has 74 valence electrons.